The number of benzene rings is 2. The molecule has 0 radical (unpaired) electrons. The fourth-order valence-corrected chi connectivity index (χ4v) is 4.77. The van der Waals surface area contributed by atoms with Gasteiger partial charge in [0.25, 0.3) is 0 Å². The quantitative estimate of drug-likeness (QED) is 0.699. The highest BCUT2D eigenvalue weighted by Gasteiger charge is 2.57. The normalized spacial score (nSPS) is 27.1. The molecule has 140 valence electrons. The molecule has 2 aliphatic rings. The Morgan fingerprint density at radius 1 is 0.815 bits per heavy atom. The van der Waals surface area contributed by atoms with Crippen molar-refractivity contribution in [2.45, 2.75) is 33.1 Å². The standard InChI is InChI=1S/C23H25NO3/c1-3-15-14-16(4-2)21-20(15)22(25)24(23(21)26)17-10-12-19(13-11-17)27-18-8-6-5-7-9-18/h5-13,15-16,20-21H,3-4,14H2,1-2H3. The molecule has 27 heavy (non-hydrogen) atoms. The first-order valence-electron chi connectivity index (χ1n) is 9.84. The first-order valence-corrected chi connectivity index (χ1v) is 9.84. The van der Waals surface area contributed by atoms with Gasteiger partial charge in [-0.15, -0.1) is 0 Å². The minimum Gasteiger partial charge on any atom is -0.457 e. The summed E-state index contributed by atoms with van der Waals surface area (Å²) in [5.74, 6) is 1.74. The topological polar surface area (TPSA) is 46.6 Å². The van der Waals surface area contributed by atoms with Crippen LogP contribution < -0.4 is 9.64 Å². The summed E-state index contributed by atoms with van der Waals surface area (Å²) in [5.41, 5.74) is 0.643. The van der Waals surface area contributed by atoms with Crippen LogP contribution in [0.2, 0.25) is 0 Å². The summed E-state index contributed by atoms with van der Waals surface area (Å²) < 4.78 is 5.80. The third-order valence-electron chi connectivity index (χ3n) is 6.14. The summed E-state index contributed by atoms with van der Waals surface area (Å²) in [5, 5.41) is 0. The van der Waals surface area contributed by atoms with Crippen molar-refractivity contribution in [1.29, 1.82) is 0 Å². The van der Waals surface area contributed by atoms with Gasteiger partial charge in [-0.05, 0) is 54.7 Å². The Labute approximate surface area is 160 Å². The lowest BCUT2D eigenvalue weighted by molar-refractivity contribution is -0.123. The number of anilines is 1. The van der Waals surface area contributed by atoms with Crippen LogP contribution in [0.15, 0.2) is 54.6 Å². The molecule has 1 aliphatic heterocycles. The van der Waals surface area contributed by atoms with E-state index in [-0.39, 0.29) is 23.7 Å². The molecule has 1 saturated carbocycles. The van der Waals surface area contributed by atoms with Crippen molar-refractivity contribution < 1.29 is 14.3 Å². The van der Waals surface area contributed by atoms with E-state index in [1.807, 2.05) is 42.5 Å². The maximum Gasteiger partial charge on any atom is 0.237 e. The average Bonchev–Trinajstić information content (AvgIpc) is 3.20. The van der Waals surface area contributed by atoms with Crippen molar-refractivity contribution >= 4 is 17.5 Å². The average molecular weight is 363 g/mol. The number of carbonyl (C=O) groups excluding carboxylic acids is 2. The second-order valence-electron chi connectivity index (χ2n) is 7.54. The molecule has 2 amide bonds. The van der Waals surface area contributed by atoms with E-state index in [2.05, 4.69) is 13.8 Å². The van der Waals surface area contributed by atoms with Crippen LogP contribution in [0.25, 0.3) is 0 Å². The van der Waals surface area contributed by atoms with E-state index in [0.29, 0.717) is 23.3 Å². The molecule has 4 nitrogen and oxygen atoms in total. The summed E-state index contributed by atoms with van der Waals surface area (Å²) in [7, 11) is 0. The summed E-state index contributed by atoms with van der Waals surface area (Å²) in [4.78, 5) is 27.6. The van der Waals surface area contributed by atoms with Gasteiger partial charge in [-0.1, -0.05) is 44.9 Å². The maximum atomic E-state index is 13.1. The van der Waals surface area contributed by atoms with Gasteiger partial charge in [0, 0.05) is 0 Å². The van der Waals surface area contributed by atoms with Crippen molar-refractivity contribution in [3.05, 3.63) is 54.6 Å². The molecule has 0 aromatic heterocycles. The third kappa shape index (κ3) is 3.03. The molecule has 4 heteroatoms. The van der Waals surface area contributed by atoms with E-state index in [9.17, 15) is 9.59 Å². The Bertz CT molecular complexity index is 802. The van der Waals surface area contributed by atoms with Crippen LogP contribution in [0.4, 0.5) is 5.69 Å². The zero-order valence-corrected chi connectivity index (χ0v) is 15.8. The monoisotopic (exact) mass is 363 g/mol. The van der Waals surface area contributed by atoms with E-state index in [1.165, 1.54) is 4.90 Å². The summed E-state index contributed by atoms with van der Waals surface area (Å²) in [6.45, 7) is 4.24. The summed E-state index contributed by atoms with van der Waals surface area (Å²) in [6.07, 6.45) is 2.90. The van der Waals surface area contributed by atoms with Crippen molar-refractivity contribution in [1.82, 2.24) is 0 Å². The fourth-order valence-electron chi connectivity index (χ4n) is 4.77. The van der Waals surface area contributed by atoms with Gasteiger partial charge < -0.3 is 4.74 Å². The van der Waals surface area contributed by atoms with Gasteiger partial charge in [0.2, 0.25) is 11.8 Å². The number of para-hydroxylation sites is 1. The molecule has 2 fully saturated rings. The van der Waals surface area contributed by atoms with Gasteiger partial charge in [-0.25, -0.2) is 0 Å². The molecule has 1 aliphatic carbocycles. The number of fused-ring (bicyclic) bond motifs is 1. The molecule has 2 aromatic carbocycles. The highest BCUT2D eigenvalue weighted by atomic mass is 16.5. The van der Waals surface area contributed by atoms with Gasteiger partial charge in [0.05, 0.1) is 17.5 Å². The maximum absolute atomic E-state index is 13.1. The second kappa shape index (κ2) is 7.18. The lowest BCUT2D eigenvalue weighted by atomic mass is 9.88. The zero-order valence-electron chi connectivity index (χ0n) is 15.8. The molecule has 1 saturated heterocycles. The van der Waals surface area contributed by atoms with Crippen LogP contribution in [-0.2, 0) is 9.59 Å². The summed E-state index contributed by atoms with van der Waals surface area (Å²) in [6, 6.07) is 16.8. The predicted molar refractivity (Wildman–Crippen MR) is 105 cm³/mol. The van der Waals surface area contributed by atoms with Crippen LogP contribution in [0.3, 0.4) is 0 Å². The molecule has 4 unspecified atom stereocenters. The Morgan fingerprint density at radius 2 is 1.33 bits per heavy atom. The second-order valence-corrected chi connectivity index (χ2v) is 7.54. The minimum absolute atomic E-state index is 0.0236. The van der Waals surface area contributed by atoms with Crippen molar-refractivity contribution in [3.63, 3.8) is 0 Å². The van der Waals surface area contributed by atoms with E-state index >= 15 is 0 Å². The first kappa shape index (κ1) is 17.8. The largest absolute Gasteiger partial charge is 0.457 e. The van der Waals surface area contributed by atoms with Gasteiger partial charge in [0.1, 0.15) is 11.5 Å². The number of amides is 2. The molecule has 4 atom stereocenters. The highest BCUT2D eigenvalue weighted by molar-refractivity contribution is 6.22. The summed E-state index contributed by atoms with van der Waals surface area (Å²) >= 11 is 0. The van der Waals surface area contributed by atoms with E-state index in [0.717, 1.165) is 25.0 Å². The Balaban J connectivity index is 1.57. The van der Waals surface area contributed by atoms with Gasteiger partial charge in [0.15, 0.2) is 0 Å². The molecule has 0 spiro atoms. The molecule has 2 aromatic rings. The van der Waals surface area contributed by atoms with Crippen LogP contribution in [-0.4, -0.2) is 11.8 Å². The molecule has 1 heterocycles. The highest BCUT2D eigenvalue weighted by Crippen LogP contribution is 2.50. The fraction of sp³-hybridized carbons (Fsp3) is 0.391. The predicted octanol–water partition coefficient (Wildman–Crippen LogP) is 5.04. The van der Waals surface area contributed by atoms with Crippen molar-refractivity contribution in [3.8, 4) is 11.5 Å². The number of rotatable bonds is 5. The number of hydrogen-bond acceptors (Lipinski definition) is 3. The van der Waals surface area contributed by atoms with E-state index in [1.54, 1.807) is 12.1 Å². The Morgan fingerprint density at radius 3 is 1.85 bits per heavy atom. The smallest absolute Gasteiger partial charge is 0.237 e. The Kier molecular flexibility index (Phi) is 4.73. The van der Waals surface area contributed by atoms with Crippen LogP contribution in [0, 0.1) is 23.7 Å². The Hall–Kier alpha value is -2.62. The first-order chi connectivity index (χ1) is 13.1. The number of nitrogens with zero attached hydrogens (tertiary/aromatic N) is 1. The SMILES string of the molecule is CCC1CC(CC)C2C(=O)N(c3ccc(Oc4ccccc4)cc3)C(=O)C12. The lowest BCUT2D eigenvalue weighted by Crippen LogP contribution is -2.33. The van der Waals surface area contributed by atoms with Crippen LogP contribution in [0.1, 0.15) is 33.1 Å². The number of carbonyl (C=O) groups is 2. The van der Waals surface area contributed by atoms with E-state index < -0.39 is 0 Å². The third-order valence-corrected chi connectivity index (χ3v) is 6.14. The molecule has 0 bridgehead atoms. The molecule has 0 N–H and O–H groups in total. The van der Waals surface area contributed by atoms with Gasteiger partial charge in [-0.3, -0.25) is 14.5 Å². The molecular formula is C23H25NO3. The molecular weight excluding hydrogens is 338 g/mol. The molecule has 4 rings (SSSR count). The van der Waals surface area contributed by atoms with Crippen LogP contribution >= 0.6 is 0 Å². The number of hydrogen-bond donors (Lipinski definition) is 0. The van der Waals surface area contributed by atoms with Crippen LogP contribution in [0.5, 0.6) is 11.5 Å². The van der Waals surface area contributed by atoms with E-state index in [4.69, 9.17) is 4.74 Å². The van der Waals surface area contributed by atoms with Crippen molar-refractivity contribution in [2.75, 3.05) is 4.90 Å². The number of imide groups is 1. The van der Waals surface area contributed by atoms with Gasteiger partial charge >= 0.3 is 0 Å². The number of ether oxygens (including phenoxy) is 1. The van der Waals surface area contributed by atoms with Gasteiger partial charge in [-0.2, -0.15) is 0 Å². The zero-order chi connectivity index (χ0) is 19.0. The minimum atomic E-state index is -0.146. The lowest BCUT2D eigenvalue weighted by Gasteiger charge is -2.20. The van der Waals surface area contributed by atoms with Crippen molar-refractivity contribution in [2.24, 2.45) is 23.7 Å².